The Morgan fingerprint density at radius 1 is 0.882 bits per heavy atom. The largest absolute Gasteiger partial charge is 0.461 e. The lowest BCUT2D eigenvalue weighted by atomic mass is 9.83. The van der Waals surface area contributed by atoms with E-state index < -0.39 is 23.7 Å². The molecule has 0 radical (unpaired) electrons. The number of ether oxygens (including phenoxy) is 2. The molecule has 0 N–H and O–H groups in total. The number of azide groups is 1. The van der Waals surface area contributed by atoms with Crippen LogP contribution in [0, 0.1) is 5.92 Å². The summed E-state index contributed by atoms with van der Waals surface area (Å²) in [6.07, 6.45) is 17.7. The molecule has 0 amide bonds. The second-order valence-electron chi connectivity index (χ2n) is 10.8. The summed E-state index contributed by atoms with van der Waals surface area (Å²) in [6.45, 7) is 7.69. The Labute approximate surface area is 207 Å². The van der Waals surface area contributed by atoms with Gasteiger partial charge in [-0.15, -0.1) is 0 Å². The van der Waals surface area contributed by atoms with Crippen LogP contribution in [0.25, 0.3) is 10.4 Å². The van der Waals surface area contributed by atoms with Crippen molar-refractivity contribution in [3.8, 4) is 0 Å². The number of nitrogens with zero attached hydrogens (tertiary/aromatic N) is 3. The molecular weight excluding hydrogens is 430 g/mol. The van der Waals surface area contributed by atoms with Gasteiger partial charge in [-0.2, -0.15) is 0 Å². The maximum Gasteiger partial charge on any atom is 0.313 e. The molecule has 7 nitrogen and oxygen atoms in total. The van der Waals surface area contributed by atoms with Crippen molar-refractivity contribution in [3.05, 3.63) is 10.4 Å². The Kier molecular flexibility index (Phi) is 15.7. The van der Waals surface area contributed by atoms with E-state index in [-0.39, 0.29) is 11.9 Å². The fraction of sp³-hybridized carbons (Fsp3) is 0.926. The maximum atomic E-state index is 12.7. The molecule has 0 heterocycles. The molecule has 0 unspecified atom stereocenters. The van der Waals surface area contributed by atoms with Crippen LogP contribution < -0.4 is 0 Å². The fourth-order valence-corrected chi connectivity index (χ4v) is 4.62. The number of carbonyl (C=O) groups is 2. The van der Waals surface area contributed by atoms with Crippen molar-refractivity contribution >= 4 is 11.9 Å². The zero-order chi connectivity index (χ0) is 25.2. The van der Waals surface area contributed by atoms with Gasteiger partial charge < -0.3 is 9.47 Å². The van der Waals surface area contributed by atoms with E-state index in [1.165, 1.54) is 64.2 Å². The van der Waals surface area contributed by atoms with Gasteiger partial charge in [0, 0.05) is 11.3 Å². The zero-order valence-electron chi connectivity index (χ0n) is 22.2. The van der Waals surface area contributed by atoms with Crippen molar-refractivity contribution < 1.29 is 19.1 Å². The van der Waals surface area contributed by atoms with E-state index in [4.69, 9.17) is 15.0 Å². The second-order valence-corrected chi connectivity index (χ2v) is 10.8. The molecule has 1 fully saturated rings. The minimum absolute atomic E-state index is 0.318. The van der Waals surface area contributed by atoms with Crippen LogP contribution in [0.1, 0.15) is 137 Å². The third-order valence-electron chi connectivity index (χ3n) is 6.45. The molecule has 0 aromatic heterocycles. The summed E-state index contributed by atoms with van der Waals surface area (Å²) in [5.74, 6) is -1.29. The van der Waals surface area contributed by atoms with Crippen LogP contribution in [0.15, 0.2) is 5.11 Å². The second kappa shape index (κ2) is 17.7. The molecule has 1 aliphatic rings. The van der Waals surface area contributed by atoms with Gasteiger partial charge >= 0.3 is 11.9 Å². The molecule has 1 saturated carbocycles. The molecule has 1 aliphatic carbocycles. The van der Waals surface area contributed by atoms with Crippen LogP contribution in [-0.2, 0) is 19.1 Å². The van der Waals surface area contributed by atoms with Crippen LogP contribution in [-0.4, -0.2) is 29.7 Å². The Morgan fingerprint density at radius 2 is 1.41 bits per heavy atom. The lowest BCUT2D eigenvalue weighted by molar-refractivity contribution is -0.173. The van der Waals surface area contributed by atoms with Gasteiger partial charge in [-0.1, -0.05) is 95.5 Å². The van der Waals surface area contributed by atoms with Gasteiger partial charge in [0.1, 0.15) is 11.7 Å². The molecule has 0 spiro atoms. The molecule has 0 aromatic rings. The molecule has 34 heavy (non-hydrogen) atoms. The van der Waals surface area contributed by atoms with Crippen molar-refractivity contribution in [2.45, 2.75) is 155 Å². The first-order valence-electron chi connectivity index (χ1n) is 13.7. The van der Waals surface area contributed by atoms with E-state index in [2.05, 4.69) is 16.9 Å². The minimum atomic E-state index is -0.742. The highest BCUT2D eigenvalue weighted by molar-refractivity contribution is 5.75. The molecule has 0 aromatic carbocycles. The standard InChI is InChI=1S/C27H49N3O4/c1-5-6-7-8-9-10-11-12-13-14-15-16-17-21-24(31)33-25-22(26(32)34-27(2,3)4)19-18-20-23(25)29-30-28/h22-23,25H,5-21H2,1-4H3/t22-,23+,25+/m0/s1. The van der Waals surface area contributed by atoms with Gasteiger partial charge in [0.15, 0.2) is 0 Å². The summed E-state index contributed by atoms with van der Waals surface area (Å²) < 4.78 is 11.2. The predicted octanol–water partition coefficient (Wildman–Crippen LogP) is 8.20. The van der Waals surface area contributed by atoms with Gasteiger partial charge in [0.2, 0.25) is 0 Å². The monoisotopic (exact) mass is 479 g/mol. The van der Waals surface area contributed by atoms with Crippen LogP contribution in [0.4, 0.5) is 0 Å². The minimum Gasteiger partial charge on any atom is -0.461 e. The summed E-state index contributed by atoms with van der Waals surface area (Å²) in [4.78, 5) is 28.1. The number of hydrogen-bond donors (Lipinski definition) is 0. The van der Waals surface area contributed by atoms with Crippen molar-refractivity contribution in [2.75, 3.05) is 0 Å². The average molecular weight is 480 g/mol. The number of rotatable bonds is 17. The molecule has 196 valence electrons. The van der Waals surface area contributed by atoms with Crippen molar-refractivity contribution in [1.82, 2.24) is 0 Å². The zero-order valence-corrected chi connectivity index (χ0v) is 22.2. The highest BCUT2D eigenvalue weighted by Gasteiger charge is 2.41. The van der Waals surface area contributed by atoms with Crippen molar-refractivity contribution in [2.24, 2.45) is 11.0 Å². The third kappa shape index (κ3) is 13.8. The fourth-order valence-electron chi connectivity index (χ4n) is 4.62. The summed E-state index contributed by atoms with van der Waals surface area (Å²) in [6, 6.07) is -0.521. The van der Waals surface area contributed by atoms with Gasteiger partial charge in [0.05, 0.1) is 12.0 Å². The Bertz CT molecular complexity index is 626. The van der Waals surface area contributed by atoms with Crippen LogP contribution >= 0.6 is 0 Å². The molecule has 0 bridgehead atoms. The molecule has 7 heteroatoms. The first kappa shape index (κ1) is 30.3. The topological polar surface area (TPSA) is 101 Å². The quantitative estimate of drug-likeness (QED) is 0.0689. The molecule has 0 aliphatic heterocycles. The number of unbranched alkanes of at least 4 members (excludes halogenated alkanes) is 12. The van der Waals surface area contributed by atoms with E-state index in [9.17, 15) is 9.59 Å². The average Bonchev–Trinajstić information content (AvgIpc) is 2.77. The lowest BCUT2D eigenvalue weighted by Crippen LogP contribution is -2.45. The number of hydrogen-bond acceptors (Lipinski definition) is 5. The predicted molar refractivity (Wildman–Crippen MR) is 136 cm³/mol. The van der Waals surface area contributed by atoms with Crippen molar-refractivity contribution in [3.63, 3.8) is 0 Å². The first-order chi connectivity index (χ1) is 16.3. The van der Waals surface area contributed by atoms with E-state index >= 15 is 0 Å². The molecule has 3 atom stereocenters. The maximum absolute atomic E-state index is 12.7. The Morgan fingerprint density at radius 3 is 1.91 bits per heavy atom. The summed E-state index contributed by atoms with van der Waals surface area (Å²) in [7, 11) is 0. The summed E-state index contributed by atoms with van der Waals surface area (Å²) >= 11 is 0. The summed E-state index contributed by atoms with van der Waals surface area (Å²) in [5, 5.41) is 3.81. The molecule has 1 rings (SSSR count). The van der Waals surface area contributed by atoms with Gasteiger partial charge in [-0.3, -0.25) is 9.59 Å². The lowest BCUT2D eigenvalue weighted by Gasteiger charge is -2.35. The van der Waals surface area contributed by atoms with E-state index in [1.54, 1.807) is 0 Å². The third-order valence-corrected chi connectivity index (χ3v) is 6.45. The Balaban J connectivity index is 2.28. The molecule has 0 saturated heterocycles. The highest BCUT2D eigenvalue weighted by Crippen LogP contribution is 2.32. The molecular formula is C27H49N3O4. The van der Waals surface area contributed by atoms with Crippen LogP contribution in [0.5, 0.6) is 0 Å². The van der Waals surface area contributed by atoms with Crippen molar-refractivity contribution in [1.29, 1.82) is 0 Å². The van der Waals surface area contributed by atoms with E-state index in [0.717, 1.165) is 25.7 Å². The number of esters is 2. The SMILES string of the molecule is CCCCCCCCCCCCCCCC(=O)O[C@@H]1[C@@H](C(=O)OC(C)(C)C)CCC[C@H]1N=[N+]=[N-]. The van der Waals surface area contributed by atoms with Crippen LogP contribution in [0.2, 0.25) is 0 Å². The first-order valence-corrected chi connectivity index (χ1v) is 13.7. The smallest absolute Gasteiger partial charge is 0.313 e. The van der Waals surface area contributed by atoms with Gasteiger partial charge in [-0.25, -0.2) is 0 Å². The Hall–Kier alpha value is -1.75. The van der Waals surface area contributed by atoms with E-state index in [1.807, 2.05) is 20.8 Å². The van der Waals surface area contributed by atoms with Gasteiger partial charge in [0.25, 0.3) is 0 Å². The normalized spacial score (nSPS) is 20.4. The van der Waals surface area contributed by atoms with E-state index in [0.29, 0.717) is 19.3 Å². The van der Waals surface area contributed by atoms with Crippen LogP contribution in [0.3, 0.4) is 0 Å². The number of carbonyl (C=O) groups excluding carboxylic acids is 2. The summed E-state index contributed by atoms with van der Waals surface area (Å²) in [5.41, 5.74) is 8.30. The highest BCUT2D eigenvalue weighted by atomic mass is 16.6. The van der Waals surface area contributed by atoms with Gasteiger partial charge in [-0.05, 0) is 45.6 Å².